The van der Waals surface area contributed by atoms with Crippen molar-refractivity contribution < 1.29 is 15.3 Å². The van der Waals surface area contributed by atoms with E-state index in [1.54, 1.807) is 44.2 Å². The molecule has 2 atom stereocenters. The molecule has 2 unspecified atom stereocenters. The van der Waals surface area contributed by atoms with Gasteiger partial charge in [0.2, 0.25) is 0 Å². The summed E-state index contributed by atoms with van der Waals surface area (Å²) in [4.78, 5) is 1.36. The Morgan fingerprint density at radius 3 is 2.12 bits per heavy atom. The number of aliphatic hydroxyl groups is 2. The second-order valence-electron chi connectivity index (χ2n) is 3.74. The topological polar surface area (TPSA) is 63.9 Å². The van der Waals surface area contributed by atoms with Crippen molar-refractivity contribution in [3.05, 3.63) is 41.8 Å². The molecule has 0 radical (unpaired) electrons. The summed E-state index contributed by atoms with van der Waals surface area (Å²) >= 11 is 0. The number of aromatic hydroxyl groups is 1. The van der Waals surface area contributed by atoms with Gasteiger partial charge >= 0.3 is 0 Å². The second kappa shape index (κ2) is 6.11. The van der Waals surface area contributed by atoms with E-state index < -0.39 is 12.5 Å². The molecule has 0 aliphatic carbocycles. The first-order valence-electron chi connectivity index (χ1n) is 5.36. The minimum absolute atomic E-state index is 0.209. The van der Waals surface area contributed by atoms with Gasteiger partial charge in [0.1, 0.15) is 18.2 Å². The third-order valence-corrected chi connectivity index (χ3v) is 2.23. The van der Waals surface area contributed by atoms with E-state index in [9.17, 15) is 10.2 Å². The van der Waals surface area contributed by atoms with Gasteiger partial charge in [0, 0.05) is 6.20 Å². The molecule has 0 aromatic heterocycles. The quantitative estimate of drug-likeness (QED) is 0.546. The lowest BCUT2D eigenvalue weighted by molar-refractivity contribution is -0.0510. The fourth-order valence-corrected chi connectivity index (χ4v) is 1.32. The Morgan fingerprint density at radius 2 is 1.65 bits per heavy atom. The molecular formula is C13H17NO3. The van der Waals surface area contributed by atoms with Gasteiger partial charge in [-0.3, -0.25) is 0 Å². The molecular weight excluding hydrogens is 218 g/mol. The highest BCUT2D eigenvalue weighted by molar-refractivity contribution is 5.49. The van der Waals surface area contributed by atoms with Gasteiger partial charge in [-0.15, -0.1) is 5.73 Å². The van der Waals surface area contributed by atoms with Crippen molar-refractivity contribution in [3.63, 3.8) is 0 Å². The highest BCUT2D eigenvalue weighted by atomic mass is 16.3. The number of hydrogen-bond donors (Lipinski definition) is 3. The number of hydrogen-bond acceptors (Lipinski definition) is 4. The standard InChI is InChI=1S/C13H17NO3/c1-10(15)14(11(2)16)9-3-4-12-5-7-13(17)8-6-12/h4-11,15-17H,1-2H3. The molecule has 4 nitrogen and oxygen atoms in total. The Labute approximate surface area is 101 Å². The van der Waals surface area contributed by atoms with Crippen molar-refractivity contribution in [2.24, 2.45) is 0 Å². The Hall–Kier alpha value is -1.74. The van der Waals surface area contributed by atoms with E-state index in [1.807, 2.05) is 0 Å². The molecule has 17 heavy (non-hydrogen) atoms. The summed E-state index contributed by atoms with van der Waals surface area (Å²) in [7, 11) is 0. The highest BCUT2D eigenvalue weighted by Crippen LogP contribution is 2.10. The first kappa shape index (κ1) is 13.3. The molecule has 1 aromatic rings. The molecule has 0 amide bonds. The van der Waals surface area contributed by atoms with Crippen LogP contribution in [0.25, 0.3) is 6.08 Å². The number of rotatable bonds is 4. The molecule has 0 bridgehead atoms. The van der Waals surface area contributed by atoms with E-state index in [2.05, 4.69) is 5.73 Å². The largest absolute Gasteiger partial charge is 0.508 e. The maximum atomic E-state index is 9.36. The minimum atomic E-state index is -0.782. The average molecular weight is 235 g/mol. The molecule has 3 N–H and O–H groups in total. The Bertz CT molecular complexity index is 395. The zero-order valence-corrected chi connectivity index (χ0v) is 9.91. The van der Waals surface area contributed by atoms with Crippen molar-refractivity contribution in [2.45, 2.75) is 26.3 Å². The zero-order chi connectivity index (χ0) is 12.8. The lowest BCUT2D eigenvalue weighted by Crippen LogP contribution is -2.35. The normalized spacial score (nSPS) is 13.4. The van der Waals surface area contributed by atoms with Gasteiger partial charge in [0.05, 0.1) is 0 Å². The van der Waals surface area contributed by atoms with Crippen LogP contribution in [0.2, 0.25) is 0 Å². The minimum Gasteiger partial charge on any atom is -0.508 e. The van der Waals surface area contributed by atoms with Crippen LogP contribution < -0.4 is 0 Å². The molecule has 92 valence electrons. The van der Waals surface area contributed by atoms with Crippen molar-refractivity contribution in [3.8, 4) is 5.75 Å². The third kappa shape index (κ3) is 4.33. The molecule has 0 aliphatic heterocycles. The molecule has 0 spiro atoms. The zero-order valence-electron chi connectivity index (χ0n) is 9.91. The predicted molar refractivity (Wildman–Crippen MR) is 65.9 cm³/mol. The summed E-state index contributed by atoms with van der Waals surface area (Å²) in [5, 5.41) is 27.8. The van der Waals surface area contributed by atoms with Crippen LogP contribution in [0.4, 0.5) is 0 Å². The lowest BCUT2D eigenvalue weighted by atomic mass is 10.2. The van der Waals surface area contributed by atoms with Crippen LogP contribution in [0, 0.1) is 0 Å². The van der Waals surface area contributed by atoms with Gasteiger partial charge in [-0.1, -0.05) is 12.1 Å². The van der Waals surface area contributed by atoms with E-state index in [-0.39, 0.29) is 5.75 Å². The number of benzene rings is 1. The van der Waals surface area contributed by atoms with Crippen LogP contribution in [0.3, 0.4) is 0 Å². The number of phenolic OH excluding ortho intramolecular Hbond substituents is 1. The van der Waals surface area contributed by atoms with Crippen LogP contribution in [-0.4, -0.2) is 32.7 Å². The molecule has 0 heterocycles. The van der Waals surface area contributed by atoms with Crippen LogP contribution in [0.15, 0.2) is 36.2 Å². The van der Waals surface area contributed by atoms with Crippen LogP contribution in [0.1, 0.15) is 19.4 Å². The monoisotopic (exact) mass is 235 g/mol. The van der Waals surface area contributed by atoms with Gasteiger partial charge in [-0.05, 0) is 37.6 Å². The van der Waals surface area contributed by atoms with Gasteiger partial charge in [0.25, 0.3) is 0 Å². The van der Waals surface area contributed by atoms with Gasteiger partial charge in [0.15, 0.2) is 0 Å². The van der Waals surface area contributed by atoms with Crippen molar-refractivity contribution in [1.82, 2.24) is 4.90 Å². The molecule has 0 fully saturated rings. The lowest BCUT2D eigenvalue weighted by Gasteiger charge is -2.25. The van der Waals surface area contributed by atoms with E-state index in [0.717, 1.165) is 5.56 Å². The van der Waals surface area contributed by atoms with Crippen molar-refractivity contribution >= 4 is 6.08 Å². The molecule has 0 saturated heterocycles. The Morgan fingerprint density at radius 1 is 1.12 bits per heavy atom. The van der Waals surface area contributed by atoms with Crippen LogP contribution >= 0.6 is 0 Å². The second-order valence-corrected chi connectivity index (χ2v) is 3.74. The highest BCUT2D eigenvalue weighted by Gasteiger charge is 2.10. The average Bonchev–Trinajstić information content (AvgIpc) is 2.25. The summed E-state index contributed by atoms with van der Waals surface area (Å²) < 4.78 is 0. The van der Waals surface area contributed by atoms with E-state index in [0.29, 0.717) is 0 Å². The summed E-state index contributed by atoms with van der Waals surface area (Å²) in [5.41, 5.74) is 3.73. The van der Waals surface area contributed by atoms with Gasteiger partial charge in [-0.25, -0.2) is 0 Å². The Kier molecular flexibility index (Phi) is 4.79. The van der Waals surface area contributed by atoms with Crippen molar-refractivity contribution in [2.75, 3.05) is 0 Å². The Balaban J connectivity index is 2.78. The van der Waals surface area contributed by atoms with Crippen LogP contribution in [-0.2, 0) is 0 Å². The number of phenols is 1. The van der Waals surface area contributed by atoms with Gasteiger partial charge < -0.3 is 20.2 Å². The smallest absolute Gasteiger partial charge is 0.126 e. The maximum Gasteiger partial charge on any atom is 0.126 e. The van der Waals surface area contributed by atoms with Crippen molar-refractivity contribution in [1.29, 1.82) is 0 Å². The molecule has 1 rings (SSSR count). The summed E-state index contributed by atoms with van der Waals surface area (Å²) in [6, 6.07) is 6.64. The molecule has 0 saturated carbocycles. The summed E-state index contributed by atoms with van der Waals surface area (Å²) in [6.45, 7) is 3.12. The fraction of sp³-hybridized carbons (Fsp3) is 0.308. The van der Waals surface area contributed by atoms with Gasteiger partial charge in [-0.2, -0.15) is 0 Å². The maximum absolute atomic E-state index is 9.36. The van der Waals surface area contributed by atoms with E-state index in [4.69, 9.17) is 5.11 Å². The summed E-state index contributed by atoms with van der Waals surface area (Å²) in [5.74, 6) is 0.209. The molecule has 4 heteroatoms. The van der Waals surface area contributed by atoms with Crippen LogP contribution in [0.5, 0.6) is 5.75 Å². The summed E-state index contributed by atoms with van der Waals surface area (Å²) in [6.07, 6.45) is 1.62. The molecule has 0 aliphatic rings. The number of nitrogens with zero attached hydrogens (tertiary/aromatic N) is 1. The van der Waals surface area contributed by atoms with E-state index >= 15 is 0 Å². The fourth-order valence-electron chi connectivity index (χ4n) is 1.32. The first-order valence-corrected chi connectivity index (χ1v) is 5.36. The number of aliphatic hydroxyl groups excluding tert-OH is 2. The SMILES string of the molecule is CC(O)N(C=C=Cc1ccc(O)cc1)C(C)O. The first-order chi connectivity index (χ1) is 8.00. The molecule has 1 aromatic carbocycles. The van der Waals surface area contributed by atoms with E-state index in [1.165, 1.54) is 11.1 Å². The predicted octanol–water partition coefficient (Wildman–Crippen LogP) is 1.50. The third-order valence-electron chi connectivity index (χ3n) is 2.23.